The normalized spacial score (nSPS) is 16.6. The van der Waals surface area contributed by atoms with Gasteiger partial charge in [0, 0.05) is 36.2 Å². The summed E-state index contributed by atoms with van der Waals surface area (Å²) in [5, 5.41) is 4.71. The summed E-state index contributed by atoms with van der Waals surface area (Å²) in [4.78, 5) is 17.3. The number of hydrogen-bond acceptors (Lipinski definition) is 3. The van der Waals surface area contributed by atoms with Gasteiger partial charge in [-0.05, 0) is 40.7 Å². The van der Waals surface area contributed by atoms with E-state index in [2.05, 4.69) is 69.2 Å². The van der Waals surface area contributed by atoms with Crippen molar-refractivity contribution < 1.29 is 4.79 Å². The van der Waals surface area contributed by atoms with Gasteiger partial charge in [-0.15, -0.1) is 0 Å². The van der Waals surface area contributed by atoms with Gasteiger partial charge in [-0.25, -0.2) is 0 Å². The van der Waals surface area contributed by atoms with Gasteiger partial charge < -0.3 is 4.90 Å². The van der Waals surface area contributed by atoms with Crippen LogP contribution in [0.25, 0.3) is 21.5 Å². The SMILES string of the molecule is CN1CCN(CC(=O)c2ccc3c(c2)c(Br)cc2ccccc23)CC1. The molecule has 1 aliphatic rings. The summed E-state index contributed by atoms with van der Waals surface area (Å²) in [6, 6.07) is 16.6. The van der Waals surface area contributed by atoms with E-state index in [1.807, 2.05) is 12.1 Å². The van der Waals surface area contributed by atoms with Crippen molar-refractivity contribution in [1.29, 1.82) is 0 Å². The number of likely N-dealkylation sites (N-methyl/N-ethyl adjacent to an activating group) is 1. The minimum absolute atomic E-state index is 0.200. The highest BCUT2D eigenvalue weighted by atomic mass is 79.9. The predicted molar refractivity (Wildman–Crippen MR) is 107 cm³/mol. The van der Waals surface area contributed by atoms with Crippen LogP contribution in [0.5, 0.6) is 0 Å². The number of rotatable bonds is 3. The third-order valence-electron chi connectivity index (χ3n) is 5.10. The molecular weight excluding hydrogens is 376 g/mol. The maximum absolute atomic E-state index is 12.7. The molecule has 0 saturated carbocycles. The Hall–Kier alpha value is -1.75. The molecule has 3 aromatic carbocycles. The lowest BCUT2D eigenvalue weighted by Gasteiger charge is -2.31. The van der Waals surface area contributed by atoms with E-state index in [1.165, 1.54) is 16.2 Å². The monoisotopic (exact) mass is 396 g/mol. The first-order chi connectivity index (χ1) is 12.1. The number of Topliss-reactive ketones (excluding diaryl/α,β-unsaturated/α-hetero) is 1. The predicted octanol–water partition coefficient (Wildman–Crippen LogP) is 4.19. The van der Waals surface area contributed by atoms with E-state index in [9.17, 15) is 4.79 Å². The molecule has 0 radical (unpaired) electrons. The van der Waals surface area contributed by atoms with Crippen LogP contribution in [0, 0.1) is 0 Å². The van der Waals surface area contributed by atoms with Crippen molar-refractivity contribution in [3.8, 4) is 0 Å². The molecule has 0 amide bonds. The number of halogens is 1. The quantitative estimate of drug-likeness (QED) is 0.489. The summed E-state index contributed by atoms with van der Waals surface area (Å²) < 4.78 is 1.04. The van der Waals surface area contributed by atoms with E-state index in [-0.39, 0.29) is 5.78 Å². The molecule has 0 aromatic heterocycles. The van der Waals surface area contributed by atoms with Crippen LogP contribution in [0.15, 0.2) is 53.0 Å². The molecular formula is C21H21BrN2O. The van der Waals surface area contributed by atoms with Crippen molar-refractivity contribution in [2.45, 2.75) is 0 Å². The highest BCUT2D eigenvalue weighted by Gasteiger charge is 2.18. The van der Waals surface area contributed by atoms with Crippen molar-refractivity contribution in [1.82, 2.24) is 9.80 Å². The number of carbonyl (C=O) groups is 1. The van der Waals surface area contributed by atoms with Gasteiger partial charge in [0.2, 0.25) is 0 Å². The van der Waals surface area contributed by atoms with Gasteiger partial charge in [-0.2, -0.15) is 0 Å². The van der Waals surface area contributed by atoms with Crippen LogP contribution in [-0.2, 0) is 0 Å². The van der Waals surface area contributed by atoms with E-state index >= 15 is 0 Å². The Labute approximate surface area is 156 Å². The van der Waals surface area contributed by atoms with Gasteiger partial charge in [-0.1, -0.05) is 52.3 Å². The number of ketones is 1. The third kappa shape index (κ3) is 3.34. The van der Waals surface area contributed by atoms with Crippen molar-refractivity contribution in [3.63, 3.8) is 0 Å². The third-order valence-corrected chi connectivity index (χ3v) is 5.75. The molecule has 0 spiro atoms. The average molecular weight is 397 g/mol. The number of piperazine rings is 1. The van der Waals surface area contributed by atoms with E-state index in [0.29, 0.717) is 6.54 Å². The van der Waals surface area contributed by atoms with Gasteiger partial charge in [0.25, 0.3) is 0 Å². The molecule has 4 rings (SSSR count). The number of nitrogens with zero attached hydrogens (tertiary/aromatic N) is 2. The fourth-order valence-corrected chi connectivity index (χ4v) is 4.11. The van der Waals surface area contributed by atoms with E-state index in [4.69, 9.17) is 0 Å². The molecule has 0 aliphatic carbocycles. The molecule has 4 heteroatoms. The zero-order chi connectivity index (χ0) is 17.4. The largest absolute Gasteiger partial charge is 0.304 e. The summed E-state index contributed by atoms with van der Waals surface area (Å²) in [5.74, 6) is 0.200. The van der Waals surface area contributed by atoms with Crippen molar-refractivity contribution >= 4 is 43.3 Å². The van der Waals surface area contributed by atoms with Crippen LogP contribution >= 0.6 is 15.9 Å². The minimum Gasteiger partial charge on any atom is -0.304 e. The molecule has 3 nitrogen and oxygen atoms in total. The standard InChI is InChI=1S/C21H21BrN2O/c1-23-8-10-24(11-9-23)14-21(25)16-6-7-18-17-5-3-2-4-15(17)13-20(22)19(18)12-16/h2-7,12-13H,8-11,14H2,1H3. The lowest BCUT2D eigenvalue weighted by atomic mass is 9.99. The van der Waals surface area contributed by atoms with Gasteiger partial charge in [0.1, 0.15) is 0 Å². The Bertz CT molecular complexity index is 945. The zero-order valence-corrected chi connectivity index (χ0v) is 15.9. The topological polar surface area (TPSA) is 23.6 Å². The summed E-state index contributed by atoms with van der Waals surface area (Å²) in [7, 11) is 2.13. The van der Waals surface area contributed by atoms with Crippen molar-refractivity contribution in [3.05, 3.63) is 58.6 Å². The van der Waals surface area contributed by atoms with Crippen LogP contribution in [0.2, 0.25) is 0 Å². The lowest BCUT2D eigenvalue weighted by Crippen LogP contribution is -2.46. The summed E-state index contributed by atoms with van der Waals surface area (Å²) >= 11 is 3.68. The Morgan fingerprint density at radius 3 is 2.52 bits per heavy atom. The molecule has 0 bridgehead atoms. The maximum Gasteiger partial charge on any atom is 0.176 e. The summed E-state index contributed by atoms with van der Waals surface area (Å²) in [6.07, 6.45) is 0. The van der Waals surface area contributed by atoms with Crippen LogP contribution in [0.3, 0.4) is 0 Å². The molecule has 1 heterocycles. The molecule has 3 aromatic rings. The average Bonchev–Trinajstić information content (AvgIpc) is 2.63. The smallest absolute Gasteiger partial charge is 0.176 e. The molecule has 0 N–H and O–H groups in total. The second kappa shape index (κ2) is 6.87. The molecule has 1 saturated heterocycles. The Morgan fingerprint density at radius 1 is 0.960 bits per heavy atom. The number of fused-ring (bicyclic) bond motifs is 3. The molecule has 25 heavy (non-hydrogen) atoms. The number of hydrogen-bond donors (Lipinski definition) is 0. The van der Waals surface area contributed by atoms with Crippen LogP contribution in [0.1, 0.15) is 10.4 Å². The first kappa shape index (κ1) is 16.7. The molecule has 0 atom stereocenters. The van der Waals surface area contributed by atoms with E-state index < -0.39 is 0 Å². The molecule has 1 fully saturated rings. The Balaban J connectivity index is 1.65. The maximum atomic E-state index is 12.7. The molecule has 128 valence electrons. The summed E-state index contributed by atoms with van der Waals surface area (Å²) in [5.41, 5.74) is 0.794. The van der Waals surface area contributed by atoms with Crippen molar-refractivity contribution in [2.24, 2.45) is 0 Å². The van der Waals surface area contributed by atoms with Gasteiger partial charge >= 0.3 is 0 Å². The zero-order valence-electron chi connectivity index (χ0n) is 14.3. The first-order valence-electron chi connectivity index (χ1n) is 8.67. The molecule has 0 unspecified atom stereocenters. The first-order valence-corrected chi connectivity index (χ1v) is 9.46. The highest BCUT2D eigenvalue weighted by Crippen LogP contribution is 2.32. The Kier molecular flexibility index (Phi) is 4.59. The van der Waals surface area contributed by atoms with Gasteiger partial charge in [-0.3, -0.25) is 9.69 Å². The fraction of sp³-hybridized carbons (Fsp3) is 0.286. The van der Waals surface area contributed by atoms with Gasteiger partial charge in [0.05, 0.1) is 6.54 Å². The van der Waals surface area contributed by atoms with Crippen LogP contribution < -0.4 is 0 Å². The highest BCUT2D eigenvalue weighted by molar-refractivity contribution is 9.10. The summed E-state index contributed by atoms with van der Waals surface area (Å²) in [6.45, 7) is 4.49. The molecule has 1 aliphatic heterocycles. The number of carbonyl (C=O) groups excluding carboxylic acids is 1. The number of benzene rings is 3. The lowest BCUT2D eigenvalue weighted by molar-refractivity contribution is 0.0876. The minimum atomic E-state index is 0.200. The second-order valence-corrected chi connectivity index (χ2v) is 7.70. The second-order valence-electron chi connectivity index (χ2n) is 6.84. The van der Waals surface area contributed by atoms with Gasteiger partial charge in [0.15, 0.2) is 5.78 Å². The van der Waals surface area contributed by atoms with E-state index in [1.54, 1.807) is 0 Å². The van der Waals surface area contributed by atoms with Crippen LogP contribution in [-0.4, -0.2) is 55.4 Å². The fourth-order valence-electron chi connectivity index (χ4n) is 3.53. The van der Waals surface area contributed by atoms with Crippen LogP contribution in [0.4, 0.5) is 0 Å². The Morgan fingerprint density at radius 2 is 1.72 bits per heavy atom. The van der Waals surface area contributed by atoms with Crippen molar-refractivity contribution in [2.75, 3.05) is 39.8 Å². The van der Waals surface area contributed by atoms with E-state index in [0.717, 1.165) is 41.6 Å².